The Morgan fingerprint density at radius 2 is 1.63 bits per heavy atom. The van der Waals surface area contributed by atoms with Crippen molar-refractivity contribution < 1.29 is 9.18 Å². The van der Waals surface area contributed by atoms with Crippen molar-refractivity contribution in [1.82, 2.24) is 5.32 Å². The smallest absolute Gasteiger partial charge is 0.248 e. The Kier molecular flexibility index (Phi) is 5.99. The lowest BCUT2D eigenvalue weighted by Gasteiger charge is -2.20. The number of carbonyl (C=O) groups is 1. The highest BCUT2D eigenvalue weighted by molar-refractivity contribution is 5.92. The number of rotatable bonds is 7. The zero-order valence-corrected chi connectivity index (χ0v) is 15.3. The molecule has 0 spiro atoms. The van der Waals surface area contributed by atoms with Crippen LogP contribution < -0.4 is 11.1 Å². The van der Waals surface area contributed by atoms with Crippen molar-refractivity contribution in [3.05, 3.63) is 106 Å². The number of nitrogens with two attached hydrogens (primary N) is 1. The first kappa shape index (κ1) is 18.8. The van der Waals surface area contributed by atoms with Gasteiger partial charge in [0.1, 0.15) is 5.82 Å². The number of benzene rings is 3. The molecule has 0 saturated heterocycles. The quantitative estimate of drug-likeness (QED) is 0.656. The third-order valence-electron chi connectivity index (χ3n) is 4.65. The lowest BCUT2D eigenvalue weighted by Crippen LogP contribution is -2.22. The van der Waals surface area contributed by atoms with E-state index < -0.39 is 5.91 Å². The van der Waals surface area contributed by atoms with Crippen LogP contribution >= 0.6 is 0 Å². The summed E-state index contributed by atoms with van der Waals surface area (Å²) in [5, 5.41) is 3.50. The van der Waals surface area contributed by atoms with Crippen molar-refractivity contribution in [2.75, 3.05) is 0 Å². The van der Waals surface area contributed by atoms with E-state index in [0.717, 1.165) is 23.1 Å². The molecule has 0 aliphatic rings. The van der Waals surface area contributed by atoms with Gasteiger partial charge in [0.05, 0.1) is 6.04 Å². The molecule has 3 aromatic carbocycles. The number of amides is 1. The molecule has 3 rings (SSSR count). The molecular formula is C23H23FN2O. The molecule has 4 heteroatoms. The second-order valence-corrected chi connectivity index (χ2v) is 6.53. The van der Waals surface area contributed by atoms with Crippen molar-refractivity contribution in [2.24, 2.45) is 5.73 Å². The Morgan fingerprint density at radius 3 is 2.22 bits per heavy atom. The van der Waals surface area contributed by atoms with Crippen molar-refractivity contribution in [2.45, 2.75) is 25.9 Å². The van der Waals surface area contributed by atoms with E-state index in [1.165, 1.54) is 11.6 Å². The second-order valence-electron chi connectivity index (χ2n) is 6.53. The summed E-state index contributed by atoms with van der Waals surface area (Å²) in [7, 11) is 0. The fourth-order valence-electron chi connectivity index (χ4n) is 3.07. The highest BCUT2D eigenvalue weighted by Gasteiger charge is 2.14. The molecule has 27 heavy (non-hydrogen) atoms. The van der Waals surface area contributed by atoms with Crippen molar-refractivity contribution in [3.63, 3.8) is 0 Å². The van der Waals surface area contributed by atoms with Crippen LogP contribution in [-0.2, 0) is 13.0 Å². The van der Waals surface area contributed by atoms with Crippen LogP contribution in [0.25, 0.3) is 0 Å². The third kappa shape index (κ3) is 4.80. The summed E-state index contributed by atoms with van der Waals surface area (Å²) in [6.45, 7) is 2.70. The standard InChI is InChI=1S/C23H23FN2O/c1-2-16-6-10-18(11-7-16)22(20-4-3-5-21(24)14-20)26-15-17-8-12-19(13-9-17)23(25)27/h3-14,22,26H,2,15H2,1H3,(H2,25,27)/t22-/m1/s1. The number of hydrogen-bond acceptors (Lipinski definition) is 2. The van der Waals surface area contributed by atoms with Gasteiger partial charge in [-0.3, -0.25) is 4.79 Å². The topological polar surface area (TPSA) is 55.1 Å². The summed E-state index contributed by atoms with van der Waals surface area (Å²) in [4.78, 5) is 11.2. The van der Waals surface area contributed by atoms with Crippen LogP contribution in [0.3, 0.4) is 0 Å². The van der Waals surface area contributed by atoms with Crippen molar-refractivity contribution in [3.8, 4) is 0 Å². The van der Waals surface area contributed by atoms with Crippen molar-refractivity contribution in [1.29, 1.82) is 0 Å². The fourth-order valence-corrected chi connectivity index (χ4v) is 3.07. The largest absolute Gasteiger partial charge is 0.366 e. The summed E-state index contributed by atoms with van der Waals surface area (Å²) < 4.78 is 13.8. The van der Waals surface area contributed by atoms with Gasteiger partial charge in [-0.1, -0.05) is 55.5 Å². The van der Waals surface area contributed by atoms with E-state index in [9.17, 15) is 9.18 Å². The Labute approximate surface area is 159 Å². The van der Waals surface area contributed by atoms with E-state index in [2.05, 4.69) is 36.5 Å². The number of halogens is 1. The molecule has 1 atom stereocenters. The molecule has 138 valence electrons. The van der Waals surface area contributed by atoms with Gasteiger partial charge in [-0.15, -0.1) is 0 Å². The normalized spacial score (nSPS) is 11.9. The van der Waals surface area contributed by atoms with Gasteiger partial charge in [0.25, 0.3) is 0 Å². The molecule has 3 aromatic rings. The summed E-state index contributed by atoms with van der Waals surface area (Å²) >= 11 is 0. The second kappa shape index (κ2) is 8.60. The minimum absolute atomic E-state index is 0.137. The van der Waals surface area contributed by atoms with Gasteiger partial charge in [-0.25, -0.2) is 4.39 Å². The summed E-state index contributed by atoms with van der Waals surface area (Å²) in [6, 6.07) is 22.1. The molecule has 3 N–H and O–H groups in total. The Bertz CT molecular complexity index is 904. The number of primary amides is 1. The summed E-state index contributed by atoms with van der Waals surface area (Å²) in [6.07, 6.45) is 0.977. The first-order chi connectivity index (χ1) is 13.1. The summed E-state index contributed by atoms with van der Waals surface area (Å²) in [5.41, 5.74) is 9.99. The highest BCUT2D eigenvalue weighted by Crippen LogP contribution is 2.24. The molecule has 0 unspecified atom stereocenters. The average molecular weight is 362 g/mol. The molecule has 0 fully saturated rings. The van der Waals surface area contributed by atoms with Crippen molar-refractivity contribution >= 4 is 5.91 Å². The maximum atomic E-state index is 13.8. The monoisotopic (exact) mass is 362 g/mol. The van der Waals surface area contributed by atoms with Crippen LogP contribution in [0.4, 0.5) is 4.39 Å². The van der Waals surface area contributed by atoms with E-state index >= 15 is 0 Å². The van der Waals surface area contributed by atoms with Gasteiger partial charge < -0.3 is 11.1 Å². The first-order valence-corrected chi connectivity index (χ1v) is 9.03. The van der Waals surface area contributed by atoms with Crippen LogP contribution in [0.2, 0.25) is 0 Å². The Morgan fingerprint density at radius 1 is 0.963 bits per heavy atom. The molecular weight excluding hydrogens is 339 g/mol. The van der Waals surface area contributed by atoms with E-state index in [1.807, 2.05) is 18.2 Å². The van der Waals surface area contributed by atoms with Gasteiger partial charge in [0.15, 0.2) is 0 Å². The maximum Gasteiger partial charge on any atom is 0.248 e. The Balaban J connectivity index is 1.84. The SMILES string of the molecule is CCc1ccc([C@@H](NCc2ccc(C(N)=O)cc2)c2cccc(F)c2)cc1. The van der Waals surface area contributed by atoms with Crippen LogP contribution in [0.1, 0.15) is 45.6 Å². The molecule has 0 bridgehead atoms. The number of carbonyl (C=O) groups excluding carboxylic acids is 1. The zero-order chi connectivity index (χ0) is 19.2. The Hall–Kier alpha value is -2.98. The van der Waals surface area contributed by atoms with E-state index in [1.54, 1.807) is 24.3 Å². The number of aryl methyl sites for hydroxylation is 1. The summed E-state index contributed by atoms with van der Waals surface area (Å²) in [5.74, 6) is -0.696. The first-order valence-electron chi connectivity index (χ1n) is 9.03. The molecule has 0 radical (unpaired) electrons. The molecule has 0 aromatic heterocycles. The predicted molar refractivity (Wildman–Crippen MR) is 106 cm³/mol. The van der Waals surface area contributed by atoms with Gasteiger partial charge in [0.2, 0.25) is 5.91 Å². The molecule has 3 nitrogen and oxygen atoms in total. The zero-order valence-electron chi connectivity index (χ0n) is 15.3. The van der Waals surface area contributed by atoms with Crippen LogP contribution in [0, 0.1) is 5.82 Å². The minimum Gasteiger partial charge on any atom is -0.366 e. The lowest BCUT2D eigenvalue weighted by atomic mass is 9.96. The number of nitrogens with one attached hydrogen (secondary N) is 1. The van der Waals surface area contributed by atoms with Crippen LogP contribution in [0.5, 0.6) is 0 Å². The van der Waals surface area contributed by atoms with E-state index in [0.29, 0.717) is 12.1 Å². The van der Waals surface area contributed by atoms with Crippen LogP contribution in [0.15, 0.2) is 72.8 Å². The van der Waals surface area contributed by atoms with Gasteiger partial charge in [0, 0.05) is 12.1 Å². The van der Waals surface area contributed by atoms with Gasteiger partial charge in [-0.05, 0) is 52.9 Å². The molecule has 1 amide bonds. The molecule has 0 aliphatic heterocycles. The lowest BCUT2D eigenvalue weighted by molar-refractivity contribution is 0.100. The fraction of sp³-hybridized carbons (Fsp3) is 0.174. The highest BCUT2D eigenvalue weighted by atomic mass is 19.1. The van der Waals surface area contributed by atoms with Gasteiger partial charge in [-0.2, -0.15) is 0 Å². The third-order valence-corrected chi connectivity index (χ3v) is 4.65. The molecule has 0 saturated carbocycles. The predicted octanol–water partition coefficient (Wildman–Crippen LogP) is 4.37. The van der Waals surface area contributed by atoms with E-state index in [4.69, 9.17) is 5.73 Å². The maximum absolute atomic E-state index is 13.8. The van der Waals surface area contributed by atoms with Crippen LogP contribution in [-0.4, -0.2) is 5.91 Å². The molecule has 0 heterocycles. The van der Waals surface area contributed by atoms with Gasteiger partial charge >= 0.3 is 0 Å². The molecule has 0 aliphatic carbocycles. The minimum atomic E-state index is -0.442. The number of hydrogen-bond donors (Lipinski definition) is 2. The van der Waals surface area contributed by atoms with E-state index in [-0.39, 0.29) is 11.9 Å². The average Bonchev–Trinajstić information content (AvgIpc) is 2.69.